The number of hydrogen-bond donors (Lipinski definition) is 3. The van der Waals surface area contributed by atoms with E-state index in [1.165, 1.54) is 0 Å². The van der Waals surface area contributed by atoms with Gasteiger partial charge in [-0.3, -0.25) is 9.79 Å². The van der Waals surface area contributed by atoms with Crippen LogP contribution in [0.2, 0.25) is 0 Å². The van der Waals surface area contributed by atoms with Gasteiger partial charge in [0, 0.05) is 25.7 Å². The second kappa shape index (κ2) is 11.3. The first-order valence-electron chi connectivity index (χ1n) is 6.22. The molecule has 3 N–H and O–H groups in total. The van der Waals surface area contributed by atoms with Crippen LogP contribution in [0, 0.1) is 0 Å². The number of nitrogens with zero attached hydrogens (tertiary/aromatic N) is 1. The molecule has 0 aromatic heterocycles. The van der Waals surface area contributed by atoms with Crippen molar-refractivity contribution in [3.63, 3.8) is 0 Å². The standard InChI is InChI=1S/C12H26N4O2.HI/c1-6-18-8-7-14-11(13-5)15-9-10(17)16-12(2,3)4;/h6-9H2,1-5H3,(H,16,17)(H2,13,14,15);1H. The van der Waals surface area contributed by atoms with E-state index in [2.05, 4.69) is 20.9 Å². The summed E-state index contributed by atoms with van der Waals surface area (Å²) in [5.74, 6) is 0.536. The van der Waals surface area contributed by atoms with E-state index >= 15 is 0 Å². The molecule has 114 valence electrons. The van der Waals surface area contributed by atoms with E-state index in [-0.39, 0.29) is 42.0 Å². The summed E-state index contributed by atoms with van der Waals surface area (Å²) < 4.78 is 5.20. The van der Waals surface area contributed by atoms with Crippen molar-refractivity contribution in [3.8, 4) is 0 Å². The maximum Gasteiger partial charge on any atom is 0.239 e. The monoisotopic (exact) mass is 386 g/mol. The molecule has 0 aliphatic rings. The van der Waals surface area contributed by atoms with E-state index in [1.54, 1.807) is 7.05 Å². The smallest absolute Gasteiger partial charge is 0.239 e. The number of hydrogen-bond acceptors (Lipinski definition) is 3. The van der Waals surface area contributed by atoms with Gasteiger partial charge in [-0.2, -0.15) is 0 Å². The highest BCUT2D eigenvalue weighted by Crippen LogP contribution is 1.96. The summed E-state index contributed by atoms with van der Waals surface area (Å²) in [6, 6.07) is 0. The van der Waals surface area contributed by atoms with Crippen LogP contribution in [0.3, 0.4) is 0 Å². The highest BCUT2D eigenvalue weighted by atomic mass is 127. The largest absolute Gasteiger partial charge is 0.380 e. The first-order chi connectivity index (χ1) is 8.39. The van der Waals surface area contributed by atoms with E-state index in [1.807, 2.05) is 27.7 Å². The molecule has 19 heavy (non-hydrogen) atoms. The zero-order valence-electron chi connectivity index (χ0n) is 12.5. The number of ether oxygens (including phenoxy) is 1. The Labute approximate surface area is 133 Å². The van der Waals surface area contributed by atoms with Crippen molar-refractivity contribution in [1.82, 2.24) is 16.0 Å². The summed E-state index contributed by atoms with van der Waals surface area (Å²) in [4.78, 5) is 15.6. The van der Waals surface area contributed by atoms with Gasteiger partial charge in [-0.15, -0.1) is 24.0 Å². The second-order valence-corrected chi connectivity index (χ2v) is 4.85. The van der Waals surface area contributed by atoms with E-state index in [9.17, 15) is 4.79 Å². The third-order valence-electron chi connectivity index (χ3n) is 1.90. The number of guanidine groups is 1. The van der Waals surface area contributed by atoms with Gasteiger partial charge >= 0.3 is 0 Å². The van der Waals surface area contributed by atoms with Crippen LogP contribution in [0.1, 0.15) is 27.7 Å². The van der Waals surface area contributed by atoms with Gasteiger partial charge in [-0.25, -0.2) is 0 Å². The van der Waals surface area contributed by atoms with Crippen LogP contribution in [0.15, 0.2) is 4.99 Å². The number of carbonyl (C=O) groups excluding carboxylic acids is 1. The highest BCUT2D eigenvalue weighted by Gasteiger charge is 2.13. The topological polar surface area (TPSA) is 74.8 Å². The lowest BCUT2D eigenvalue weighted by Gasteiger charge is -2.21. The van der Waals surface area contributed by atoms with E-state index < -0.39 is 0 Å². The van der Waals surface area contributed by atoms with Crippen molar-refractivity contribution >= 4 is 35.8 Å². The van der Waals surface area contributed by atoms with E-state index in [4.69, 9.17) is 4.74 Å². The maximum absolute atomic E-state index is 11.6. The van der Waals surface area contributed by atoms with Crippen LogP contribution < -0.4 is 16.0 Å². The Morgan fingerprint density at radius 2 is 1.89 bits per heavy atom. The first kappa shape index (κ1) is 20.7. The van der Waals surface area contributed by atoms with Crippen LogP contribution in [-0.4, -0.2) is 50.8 Å². The van der Waals surface area contributed by atoms with Gasteiger partial charge in [0.2, 0.25) is 5.91 Å². The van der Waals surface area contributed by atoms with Crippen LogP contribution in [0.25, 0.3) is 0 Å². The quantitative estimate of drug-likeness (QED) is 0.272. The molecule has 0 radical (unpaired) electrons. The number of rotatable bonds is 6. The van der Waals surface area contributed by atoms with Gasteiger partial charge in [0.1, 0.15) is 0 Å². The van der Waals surface area contributed by atoms with Crippen molar-refractivity contribution in [1.29, 1.82) is 0 Å². The van der Waals surface area contributed by atoms with Crippen molar-refractivity contribution in [3.05, 3.63) is 0 Å². The van der Waals surface area contributed by atoms with Crippen molar-refractivity contribution in [2.45, 2.75) is 33.2 Å². The Morgan fingerprint density at radius 3 is 2.37 bits per heavy atom. The van der Waals surface area contributed by atoms with Gasteiger partial charge in [0.15, 0.2) is 5.96 Å². The Kier molecular flexibility index (Phi) is 12.3. The lowest BCUT2D eigenvalue weighted by atomic mass is 10.1. The molecule has 7 heteroatoms. The summed E-state index contributed by atoms with van der Waals surface area (Å²) in [5.41, 5.74) is -0.218. The number of carbonyl (C=O) groups is 1. The molecule has 0 atom stereocenters. The summed E-state index contributed by atoms with van der Waals surface area (Å²) >= 11 is 0. The minimum atomic E-state index is -0.218. The molecular weight excluding hydrogens is 359 g/mol. The normalized spacial score (nSPS) is 11.5. The number of halogens is 1. The van der Waals surface area contributed by atoms with Crippen LogP contribution >= 0.6 is 24.0 Å². The number of aliphatic imine (C=N–C) groups is 1. The Morgan fingerprint density at radius 1 is 1.26 bits per heavy atom. The average molecular weight is 386 g/mol. The fraction of sp³-hybridized carbons (Fsp3) is 0.833. The van der Waals surface area contributed by atoms with E-state index in [0.29, 0.717) is 25.7 Å². The van der Waals surface area contributed by atoms with Crippen molar-refractivity contribution in [2.75, 3.05) is 33.4 Å². The maximum atomic E-state index is 11.6. The minimum absolute atomic E-state index is 0. The minimum Gasteiger partial charge on any atom is -0.380 e. The fourth-order valence-electron chi connectivity index (χ4n) is 1.23. The Balaban J connectivity index is 0. The summed E-state index contributed by atoms with van der Waals surface area (Å²) in [5, 5.41) is 8.86. The van der Waals surface area contributed by atoms with E-state index in [0.717, 1.165) is 0 Å². The molecule has 0 aromatic carbocycles. The van der Waals surface area contributed by atoms with Gasteiger partial charge < -0.3 is 20.7 Å². The summed E-state index contributed by atoms with van der Waals surface area (Å²) in [6.07, 6.45) is 0. The molecule has 0 spiro atoms. The predicted molar refractivity (Wildman–Crippen MR) is 89.2 cm³/mol. The molecule has 0 saturated carbocycles. The molecule has 0 unspecified atom stereocenters. The summed E-state index contributed by atoms with van der Waals surface area (Å²) in [6.45, 7) is 9.96. The van der Waals surface area contributed by atoms with Gasteiger partial charge in [0.25, 0.3) is 0 Å². The number of nitrogens with one attached hydrogen (secondary N) is 3. The highest BCUT2D eigenvalue weighted by molar-refractivity contribution is 14.0. The third kappa shape index (κ3) is 13.7. The first-order valence-corrected chi connectivity index (χ1v) is 6.22. The molecule has 0 heterocycles. The molecule has 0 fully saturated rings. The lowest BCUT2D eigenvalue weighted by Crippen LogP contribution is -2.48. The van der Waals surface area contributed by atoms with Crippen LogP contribution in [0.5, 0.6) is 0 Å². The SMILES string of the molecule is CCOCCNC(=NC)NCC(=O)NC(C)(C)C.I. The molecule has 6 nitrogen and oxygen atoms in total. The zero-order chi connectivity index (χ0) is 14.0. The van der Waals surface area contributed by atoms with Crippen molar-refractivity contribution < 1.29 is 9.53 Å². The predicted octanol–water partition coefficient (Wildman–Crippen LogP) is 0.721. The molecule has 1 amide bonds. The van der Waals surface area contributed by atoms with Crippen molar-refractivity contribution in [2.24, 2.45) is 4.99 Å². The van der Waals surface area contributed by atoms with Gasteiger partial charge in [0.05, 0.1) is 13.2 Å². The molecule has 0 aliphatic heterocycles. The molecule has 0 aromatic rings. The molecule has 0 aliphatic carbocycles. The Hall–Kier alpha value is -0.570. The lowest BCUT2D eigenvalue weighted by molar-refractivity contribution is -0.121. The van der Waals surface area contributed by atoms with Crippen LogP contribution in [-0.2, 0) is 9.53 Å². The third-order valence-corrected chi connectivity index (χ3v) is 1.90. The fourth-order valence-corrected chi connectivity index (χ4v) is 1.23. The number of amides is 1. The molecule has 0 bridgehead atoms. The van der Waals surface area contributed by atoms with Gasteiger partial charge in [-0.1, -0.05) is 0 Å². The Bertz CT molecular complexity index is 277. The van der Waals surface area contributed by atoms with Crippen LogP contribution in [0.4, 0.5) is 0 Å². The molecule has 0 rings (SSSR count). The average Bonchev–Trinajstić information content (AvgIpc) is 2.26. The van der Waals surface area contributed by atoms with Gasteiger partial charge in [-0.05, 0) is 27.7 Å². The summed E-state index contributed by atoms with van der Waals surface area (Å²) in [7, 11) is 1.66. The molecule has 0 saturated heterocycles. The second-order valence-electron chi connectivity index (χ2n) is 4.85. The zero-order valence-corrected chi connectivity index (χ0v) is 14.8. The molecular formula is C12H27IN4O2.